The third kappa shape index (κ3) is 3.95. The Morgan fingerprint density at radius 1 is 1.09 bits per heavy atom. The third-order valence-electron chi connectivity index (χ3n) is 6.52. The van der Waals surface area contributed by atoms with Gasteiger partial charge in [-0.05, 0) is 0 Å². The first-order valence-electron chi connectivity index (χ1n) is 11.0. The molecule has 0 bridgehead atoms. The Morgan fingerprint density at radius 2 is 1.80 bits per heavy atom. The van der Waals surface area contributed by atoms with Crippen LogP contribution in [-0.2, 0) is 16.8 Å². The molecule has 2 aliphatic rings. The summed E-state index contributed by atoms with van der Waals surface area (Å²) < 4.78 is 36.1. The van der Waals surface area contributed by atoms with Crippen LogP contribution in [-0.4, -0.2) is 49.9 Å². The van der Waals surface area contributed by atoms with Crippen LogP contribution in [0.25, 0.3) is 11.1 Å². The number of likely N-dealkylation sites (N-methyl/N-ethyl adjacent to an activating group) is 1. The number of rotatable bonds is 3. The molecule has 3 aromatic rings. The normalized spacial score (nSPS) is 20.9. The average molecular weight is 556 g/mol. The maximum absolute atomic E-state index is 14.9. The summed E-state index contributed by atoms with van der Waals surface area (Å²) in [7, 11) is 1.64. The quantitative estimate of drug-likeness (QED) is 0.337. The molecular weight excluding hydrogens is 535 g/mol. The number of pyridine rings is 1. The van der Waals surface area contributed by atoms with Gasteiger partial charge in [0.25, 0.3) is 0 Å². The molecule has 5 nitrogen and oxygen atoms in total. The van der Waals surface area contributed by atoms with Gasteiger partial charge in [-0.3, -0.25) is 0 Å². The standard InChI is InChI=1S/C26H21AsClF2N3O2/c1-25(2)9-8-14-10-15(5-7-21(14)35-25)26(23(34)33(3)24(27)32-26)16-4-6-20(29)18(11-16)19-12-17(28)13-31-22(19)30/h4-7,10-13H,8-9H2,1-3H3. The second-order valence-corrected chi connectivity index (χ2v) is 10.6. The fourth-order valence-electron chi connectivity index (χ4n) is 4.60. The summed E-state index contributed by atoms with van der Waals surface area (Å²) in [6.07, 6.45) is 2.76. The number of carbonyl (C=O) groups is 1. The molecule has 2 aromatic carbocycles. The van der Waals surface area contributed by atoms with E-state index in [1.807, 2.05) is 32.0 Å². The predicted molar refractivity (Wildman–Crippen MR) is 131 cm³/mol. The van der Waals surface area contributed by atoms with Crippen molar-refractivity contribution >= 4 is 39.0 Å². The van der Waals surface area contributed by atoms with E-state index in [-0.39, 0.29) is 27.7 Å². The monoisotopic (exact) mass is 555 g/mol. The van der Waals surface area contributed by atoms with Gasteiger partial charge in [-0.2, -0.15) is 0 Å². The molecule has 1 unspecified atom stereocenters. The maximum atomic E-state index is 14.9. The van der Waals surface area contributed by atoms with Gasteiger partial charge < -0.3 is 0 Å². The molecule has 1 aromatic heterocycles. The Balaban J connectivity index is 1.72. The van der Waals surface area contributed by atoms with Crippen molar-refractivity contribution in [2.75, 3.05) is 7.05 Å². The molecule has 1 amide bonds. The van der Waals surface area contributed by atoms with Gasteiger partial charge in [0.15, 0.2) is 0 Å². The molecular formula is C26H21AsClF2N3O2. The zero-order chi connectivity index (χ0) is 25.1. The summed E-state index contributed by atoms with van der Waals surface area (Å²) in [6.45, 7) is 4.08. The number of hydrogen-bond donors (Lipinski definition) is 0. The van der Waals surface area contributed by atoms with Gasteiger partial charge in [0.1, 0.15) is 0 Å². The van der Waals surface area contributed by atoms with Crippen molar-refractivity contribution in [2.45, 2.75) is 37.8 Å². The van der Waals surface area contributed by atoms with E-state index in [9.17, 15) is 13.6 Å². The average Bonchev–Trinajstić information content (AvgIpc) is 3.05. The van der Waals surface area contributed by atoms with Gasteiger partial charge in [-0.25, -0.2) is 0 Å². The Labute approximate surface area is 215 Å². The SMILES string of the molecule is CN1C(=O)C(c2ccc3c(c2)CCC(C)(C)O3)(c2ccc(F)c(-c3cc(Cl)cnc3F)c2)N=C1[As]. The molecule has 2 aliphatic heterocycles. The van der Waals surface area contributed by atoms with E-state index in [4.69, 9.17) is 21.3 Å². The third-order valence-corrected chi connectivity index (χ3v) is 7.57. The van der Waals surface area contributed by atoms with Crippen molar-refractivity contribution in [3.05, 3.63) is 82.1 Å². The topological polar surface area (TPSA) is 54.8 Å². The van der Waals surface area contributed by atoms with Gasteiger partial charge in [0, 0.05) is 0 Å². The van der Waals surface area contributed by atoms with Crippen LogP contribution < -0.4 is 4.74 Å². The summed E-state index contributed by atoms with van der Waals surface area (Å²) in [5.41, 5.74) is 0.110. The fraction of sp³-hybridized carbons (Fsp3) is 0.269. The van der Waals surface area contributed by atoms with Crippen LogP contribution in [0.2, 0.25) is 5.02 Å². The van der Waals surface area contributed by atoms with E-state index in [1.165, 1.54) is 29.2 Å². The number of amidine groups is 1. The number of halogens is 3. The molecule has 0 fully saturated rings. The summed E-state index contributed by atoms with van der Waals surface area (Å²) in [4.78, 5) is 23.6. The van der Waals surface area contributed by atoms with Crippen molar-refractivity contribution < 1.29 is 18.3 Å². The van der Waals surface area contributed by atoms with E-state index >= 15 is 0 Å². The summed E-state index contributed by atoms with van der Waals surface area (Å²) in [6, 6.07) is 11.1. The van der Waals surface area contributed by atoms with Crippen LogP contribution in [0.4, 0.5) is 8.78 Å². The van der Waals surface area contributed by atoms with E-state index < -0.39 is 17.3 Å². The van der Waals surface area contributed by atoms with Crippen LogP contribution in [0.5, 0.6) is 5.75 Å². The zero-order valence-corrected chi connectivity index (χ0v) is 21.9. The molecule has 0 saturated carbocycles. The number of aromatic nitrogens is 1. The van der Waals surface area contributed by atoms with Crippen molar-refractivity contribution in [3.8, 4) is 16.9 Å². The Bertz CT molecular complexity index is 1410. The van der Waals surface area contributed by atoms with Crippen LogP contribution in [0.1, 0.15) is 37.0 Å². The van der Waals surface area contributed by atoms with Gasteiger partial charge >= 0.3 is 216 Å². The van der Waals surface area contributed by atoms with Crippen LogP contribution in [0.15, 0.2) is 53.7 Å². The van der Waals surface area contributed by atoms with Gasteiger partial charge in [-0.15, -0.1) is 0 Å². The van der Waals surface area contributed by atoms with Gasteiger partial charge in [0.2, 0.25) is 0 Å². The number of ether oxygens (including phenoxy) is 1. The summed E-state index contributed by atoms with van der Waals surface area (Å²) >= 11 is 8.30. The molecule has 0 spiro atoms. The predicted octanol–water partition coefficient (Wildman–Crippen LogP) is 5.02. The number of fused-ring (bicyclic) bond motifs is 1. The molecule has 0 N–H and O–H groups in total. The molecule has 35 heavy (non-hydrogen) atoms. The number of carbonyl (C=O) groups excluding carboxylic acids is 1. The zero-order valence-electron chi connectivity index (χ0n) is 19.3. The van der Waals surface area contributed by atoms with E-state index in [2.05, 4.69) is 21.8 Å². The molecule has 9 heteroatoms. The number of aliphatic imine (C=N–C) groups is 1. The molecule has 3 heterocycles. The molecule has 0 aliphatic carbocycles. The van der Waals surface area contributed by atoms with Crippen molar-refractivity contribution in [3.63, 3.8) is 0 Å². The van der Waals surface area contributed by atoms with Crippen molar-refractivity contribution in [2.24, 2.45) is 4.99 Å². The van der Waals surface area contributed by atoms with Gasteiger partial charge in [0.05, 0.1) is 0 Å². The van der Waals surface area contributed by atoms with Crippen molar-refractivity contribution in [1.82, 2.24) is 9.88 Å². The molecule has 0 saturated heterocycles. The second kappa shape index (κ2) is 8.42. The molecule has 5 rings (SSSR count). The van der Waals surface area contributed by atoms with E-state index in [0.29, 0.717) is 15.8 Å². The first-order chi connectivity index (χ1) is 16.5. The number of benzene rings is 2. The number of amides is 1. The number of aryl methyl sites for hydroxylation is 1. The van der Waals surface area contributed by atoms with E-state index in [0.717, 1.165) is 30.4 Å². The Morgan fingerprint density at radius 3 is 2.51 bits per heavy atom. The summed E-state index contributed by atoms with van der Waals surface area (Å²) in [5.74, 6) is -1.06. The summed E-state index contributed by atoms with van der Waals surface area (Å²) in [5, 5.41) is 0.168. The van der Waals surface area contributed by atoms with Crippen LogP contribution in [0, 0.1) is 11.8 Å². The molecule has 2 radical (unpaired) electrons. The van der Waals surface area contributed by atoms with Crippen molar-refractivity contribution in [1.29, 1.82) is 0 Å². The van der Waals surface area contributed by atoms with E-state index in [1.54, 1.807) is 7.05 Å². The molecule has 178 valence electrons. The first kappa shape index (κ1) is 24.0. The Hall–Kier alpha value is -2.76. The second-order valence-electron chi connectivity index (χ2n) is 9.36. The number of hydrogen-bond acceptors (Lipinski definition) is 4. The van der Waals surface area contributed by atoms with Gasteiger partial charge in [-0.1, -0.05) is 0 Å². The fourth-order valence-corrected chi connectivity index (χ4v) is 5.26. The molecule has 1 atom stereocenters. The Kier molecular flexibility index (Phi) is 5.76. The number of nitrogens with zero attached hydrogens (tertiary/aromatic N) is 3. The van der Waals surface area contributed by atoms with Crippen LogP contribution >= 0.6 is 11.6 Å². The minimum atomic E-state index is -1.47. The first-order valence-corrected chi connectivity index (χ1v) is 12.3. The van der Waals surface area contributed by atoms with Crippen LogP contribution in [0.3, 0.4) is 0 Å². The minimum absolute atomic E-state index is 0.0536.